The van der Waals surface area contributed by atoms with Crippen LogP contribution in [0.4, 0.5) is 4.39 Å². The fourth-order valence-electron chi connectivity index (χ4n) is 2.16. The normalized spacial score (nSPS) is 19.7. The number of carbonyl (C=O) groups excluding carboxylic acids is 1. The van der Waals surface area contributed by atoms with Gasteiger partial charge in [0, 0.05) is 0 Å². The summed E-state index contributed by atoms with van der Waals surface area (Å²) in [5, 5.41) is 0. The van der Waals surface area contributed by atoms with E-state index in [4.69, 9.17) is 14.0 Å². The van der Waals surface area contributed by atoms with Gasteiger partial charge in [0.05, 0.1) is 16.8 Å². The van der Waals surface area contributed by atoms with Crippen molar-refractivity contribution < 1.29 is 23.2 Å². The third-order valence-electron chi connectivity index (χ3n) is 4.13. The Morgan fingerprint density at radius 1 is 1.13 bits per heavy atom. The van der Waals surface area contributed by atoms with Gasteiger partial charge in [-0.15, -0.1) is 0 Å². The highest BCUT2D eigenvalue weighted by atomic mass is 19.1. The van der Waals surface area contributed by atoms with Crippen LogP contribution in [0, 0.1) is 5.82 Å². The van der Waals surface area contributed by atoms with Gasteiger partial charge in [-0.25, -0.2) is 9.18 Å². The zero-order valence-electron chi connectivity index (χ0n) is 14.8. The van der Waals surface area contributed by atoms with E-state index in [0.717, 1.165) is 0 Å². The van der Waals surface area contributed by atoms with E-state index in [9.17, 15) is 9.18 Å². The average molecular weight is 322 g/mol. The molecular formula is C17H24BFO4. The Morgan fingerprint density at radius 2 is 1.65 bits per heavy atom. The molecular weight excluding hydrogens is 298 g/mol. The summed E-state index contributed by atoms with van der Waals surface area (Å²) >= 11 is 0. The summed E-state index contributed by atoms with van der Waals surface area (Å²) in [6.07, 6.45) is 0. The lowest BCUT2D eigenvalue weighted by molar-refractivity contribution is 0.00578. The second-order valence-electron chi connectivity index (χ2n) is 7.83. The maximum Gasteiger partial charge on any atom is 0.494 e. The summed E-state index contributed by atoms with van der Waals surface area (Å²) < 4.78 is 31.1. The Labute approximate surface area is 137 Å². The number of carbonyl (C=O) groups is 1. The van der Waals surface area contributed by atoms with Crippen LogP contribution in [0.5, 0.6) is 0 Å². The highest BCUT2D eigenvalue weighted by molar-refractivity contribution is 6.62. The molecule has 0 aliphatic carbocycles. The van der Waals surface area contributed by atoms with Gasteiger partial charge in [0.15, 0.2) is 0 Å². The van der Waals surface area contributed by atoms with Crippen LogP contribution < -0.4 is 5.46 Å². The SMILES string of the molecule is CC(C)(C)OC(=O)c1cc(B2OC(C)(C)C(C)(C)O2)ccc1F. The molecule has 1 aliphatic rings. The smallest absolute Gasteiger partial charge is 0.456 e. The molecule has 1 aliphatic heterocycles. The van der Waals surface area contributed by atoms with E-state index >= 15 is 0 Å². The molecule has 0 unspecified atom stereocenters. The maximum atomic E-state index is 14.0. The molecule has 0 bridgehead atoms. The Bertz CT molecular complexity index is 604. The van der Waals surface area contributed by atoms with Crippen molar-refractivity contribution in [2.75, 3.05) is 0 Å². The Kier molecular flexibility index (Phi) is 4.37. The summed E-state index contributed by atoms with van der Waals surface area (Å²) in [6, 6.07) is 4.23. The van der Waals surface area contributed by atoms with Gasteiger partial charge in [-0.3, -0.25) is 0 Å². The highest BCUT2D eigenvalue weighted by Crippen LogP contribution is 2.36. The molecule has 1 saturated heterocycles. The van der Waals surface area contributed by atoms with Crippen molar-refractivity contribution >= 4 is 18.6 Å². The minimum absolute atomic E-state index is 0.118. The molecule has 0 aromatic heterocycles. The third kappa shape index (κ3) is 3.75. The topological polar surface area (TPSA) is 44.8 Å². The van der Waals surface area contributed by atoms with Crippen LogP contribution in [0.25, 0.3) is 0 Å². The summed E-state index contributed by atoms with van der Waals surface area (Å²) in [5.41, 5.74) is -1.22. The fourth-order valence-corrected chi connectivity index (χ4v) is 2.16. The number of halogens is 1. The molecule has 0 saturated carbocycles. The van der Waals surface area contributed by atoms with Gasteiger partial charge < -0.3 is 14.0 Å². The van der Waals surface area contributed by atoms with E-state index < -0.39 is 35.7 Å². The number of benzene rings is 1. The van der Waals surface area contributed by atoms with Gasteiger partial charge in [-0.2, -0.15) is 0 Å². The van der Waals surface area contributed by atoms with Crippen LogP contribution in [-0.2, 0) is 14.0 Å². The zero-order chi connectivity index (χ0) is 17.6. The quantitative estimate of drug-likeness (QED) is 0.620. The lowest BCUT2D eigenvalue weighted by Gasteiger charge is -2.32. The van der Waals surface area contributed by atoms with Gasteiger partial charge in [-0.1, -0.05) is 6.07 Å². The summed E-state index contributed by atoms with van der Waals surface area (Å²) in [6.45, 7) is 13.0. The van der Waals surface area contributed by atoms with Crippen molar-refractivity contribution in [2.45, 2.75) is 65.3 Å². The Morgan fingerprint density at radius 3 is 2.13 bits per heavy atom. The van der Waals surface area contributed by atoms with Crippen LogP contribution in [0.15, 0.2) is 18.2 Å². The van der Waals surface area contributed by atoms with Crippen LogP contribution in [0.1, 0.15) is 58.8 Å². The molecule has 1 heterocycles. The molecule has 4 nitrogen and oxygen atoms in total. The van der Waals surface area contributed by atoms with Crippen molar-refractivity contribution in [3.63, 3.8) is 0 Å². The summed E-state index contributed by atoms with van der Waals surface area (Å²) in [5.74, 6) is -1.33. The third-order valence-corrected chi connectivity index (χ3v) is 4.13. The van der Waals surface area contributed by atoms with Crippen LogP contribution in [-0.4, -0.2) is 29.9 Å². The second kappa shape index (κ2) is 5.60. The van der Waals surface area contributed by atoms with Gasteiger partial charge in [0.25, 0.3) is 0 Å². The van der Waals surface area contributed by atoms with Crippen molar-refractivity contribution in [2.24, 2.45) is 0 Å². The fraction of sp³-hybridized carbons (Fsp3) is 0.588. The molecule has 0 spiro atoms. The van der Waals surface area contributed by atoms with E-state index in [2.05, 4.69) is 0 Å². The first kappa shape index (κ1) is 18.0. The minimum atomic E-state index is -0.701. The van der Waals surface area contributed by atoms with Crippen molar-refractivity contribution in [1.82, 2.24) is 0 Å². The van der Waals surface area contributed by atoms with Crippen molar-refractivity contribution in [3.8, 4) is 0 Å². The summed E-state index contributed by atoms with van der Waals surface area (Å²) in [7, 11) is -0.651. The van der Waals surface area contributed by atoms with Gasteiger partial charge >= 0.3 is 13.1 Å². The molecule has 0 radical (unpaired) electrons. The first-order chi connectivity index (χ1) is 10.3. The van der Waals surface area contributed by atoms with E-state index in [1.54, 1.807) is 26.8 Å². The first-order valence-electron chi connectivity index (χ1n) is 7.71. The van der Waals surface area contributed by atoms with E-state index in [-0.39, 0.29) is 5.56 Å². The Balaban J connectivity index is 2.30. The molecule has 1 fully saturated rings. The first-order valence-corrected chi connectivity index (χ1v) is 7.71. The molecule has 1 aromatic carbocycles. The van der Waals surface area contributed by atoms with Gasteiger partial charge in [0.1, 0.15) is 11.4 Å². The number of hydrogen-bond acceptors (Lipinski definition) is 4. The molecule has 0 atom stereocenters. The molecule has 23 heavy (non-hydrogen) atoms. The molecule has 1 aromatic rings. The highest BCUT2D eigenvalue weighted by Gasteiger charge is 2.51. The van der Waals surface area contributed by atoms with Crippen molar-refractivity contribution in [1.29, 1.82) is 0 Å². The average Bonchev–Trinajstić information content (AvgIpc) is 2.56. The Hall–Kier alpha value is -1.40. The monoisotopic (exact) mass is 322 g/mol. The predicted octanol–water partition coefficient (Wildman–Crippen LogP) is 3.08. The standard InChI is InChI=1S/C17H24BFO4/c1-15(2,3)21-14(20)12-10-11(8-9-13(12)19)18-22-16(4,5)17(6,7)23-18/h8-10H,1-7H3. The zero-order valence-corrected chi connectivity index (χ0v) is 14.8. The lowest BCUT2D eigenvalue weighted by Crippen LogP contribution is -2.41. The molecule has 126 valence electrons. The number of rotatable bonds is 2. The number of esters is 1. The molecule has 2 rings (SSSR count). The van der Waals surface area contributed by atoms with Crippen LogP contribution in [0.3, 0.4) is 0 Å². The summed E-state index contributed by atoms with van der Waals surface area (Å²) in [4.78, 5) is 12.2. The van der Waals surface area contributed by atoms with Crippen LogP contribution >= 0.6 is 0 Å². The predicted molar refractivity (Wildman–Crippen MR) is 87.3 cm³/mol. The maximum absolute atomic E-state index is 14.0. The van der Waals surface area contributed by atoms with E-state index in [1.165, 1.54) is 12.1 Å². The molecule has 6 heteroatoms. The number of hydrogen-bond donors (Lipinski definition) is 0. The lowest BCUT2D eigenvalue weighted by atomic mass is 9.78. The largest absolute Gasteiger partial charge is 0.494 e. The van der Waals surface area contributed by atoms with Gasteiger partial charge in [0.2, 0.25) is 0 Å². The minimum Gasteiger partial charge on any atom is -0.456 e. The van der Waals surface area contributed by atoms with Gasteiger partial charge in [-0.05, 0) is 66.1 Å². The molecule has 0 N–H and O–H groups in total. The molecule has 0 amide bonds. The van der Waals surface area contributed by atoms with Crippen molar-refractivity contribution in [3.05, 3.63) is 29.6 Å². The number of ether oxygens (including phenoxy) is 1. The van der Waals surface area contributed by atoms with E-state index in [0.29, 0.717) is 5.46 Å². The van der Waals surface area contributed by atoms with Crippen LogP contribution in [0.2, 0.25) is 0 Å². The van der Waals surface area contributed by atoms with E-state index in [1.807, 2.05) is 27.7 Å². The second-order valence-corrected chi connectivity index (χ2v) is 7.83.